The number of benzene rings is 1. The zero-order chi connectivity index (χ0) is 14.7. The number of amides is 1. The van der Waals surface area contributed by atoms with Gasteiger partial charge in [0, 0.05) is 24.4 Å². The van der Waals surface area contributed by atoms with Crippen LogP contribution in [-0.4, -0.2) is 25.7 Å². The largest absolute Gasteiger partial charge is 0.352 e. The Morgan fingerprint density at radius 3 is 3.05 bits per heavy atom. The van der Waals surface area contributed by atoms with Crippen LogP contribution in [0.1, 0.15) is 17.0 Å². The van der Waals surface area contributed by atoms with Crippen molar-refractivity contribution < 1.29 is 4.79 Å². The first-order chi connectivity index (χ1) is 10.2. The van der Waals surface area contributed by atoms with Gasteiger partial charge in [-0.25, -0.2) is 0 Å². The summed E-state index contributed by atoms with van der Waals surface area (Å²) in [7, 11) is 0. The minimum atomic E-state index is -0.0270. The fraction of sp³-hybridized carbons (Fsp3) is 0.231. The molecule has 108 valence electrons. The molecule has 1 amide bonds. The number of nitrogens with zero attached hydrogens (tertiary/aromatic N) is 4. The molecule has 0 aliphatic rings. The molecule has 0 atom stereocenters. The van der Waals surface area contributed by atoms with Crippen molar-refractivity contribution in [2.75, 3.05) is 0 Å². The van der Waals surface area contributed by atoms with Crippen molar-refractivity contribution in [3.63, 3.8) is 0 Å². The number of carbonyl (C=O) groups is 1. The van der Waals surface area contributed by atoms with E-state index >= 15 is 0 Å². The molecule has 1 N–H and O–H groups in total. The van der Waals surface area contributed by atoms with E-state index in [1.54, 1.807) is 10.8 Å². The smallest absolute Gasteiger partial charge is 0.234 e. The monoisotopic (exact) mass is 321 g/mol. The third kappa shape index (κ3) is 3.37. The molecule has 0 saturated carbocycles. The Bertz CT molecular complexity index is 740. The quantitative estimate of drug-likeness (QED) is 0.781. The second kappa shape index (κ2) is 6.19. The number of nitrogens with one attached hydrogen (secondary N) is 1. The van der Waals surface area contributed by atoms with Crippen molar-refractivity contribution in [1.29, 1.82) is 0 Å². The molecule has 0 spiro atoms. The average molecular weight is 322 g/mol. The first-order valence-corrected chi connectivity index (χ1v) is 7.57. The Morgan fingerprint density at radius 2 is 2.24 bits per heavy atom. The number of carbonyl (C=O) groups excluding carboxylic acids is 1. The van der Waals surface area contributed by atoms with Gasteiger partial charge in [-0.1, -0.05) is 41.1 Å². The first kappa shape index (κ1) is 14.0. The van der Waals surface area contributed by atoms with E-state index in [2.05, 4.69) is 20.6 Å². The van der Waals surface area contributed by atoms with Crippen LogP contribution in [0.25, 0.3) is 4.96 Å². The third-order valence-electron chi connectivity index (χ3n) is 2.93. The normalized spacial score (nSPS) is 10.9. The summed E-state index contributed by atoms with van der Waals surface area (Å²) in [5.74, 6) is -0.0270. The summed E-state index contributed by atoms with van der Waals surface area (Å²) in [6.07, 6.45) is 2.52. The molecule has 0 fully saturated rings. The zero-order valence-electron chi connectivity index (χ0n) is 11.0. The van der Waals surface area contributed by atoms with Gasteiger partial charge >= 0.3 is 0 Å². The van der Waals surface area contributed by atoms with Crippen molar-refractivity contribution in [1.82, 2.24) is 25.1 Å². The highest BCUT2D eigenvalue weighted by molar-refractivity contribution is 7.16. The lowest BCUT2D eigenvalue weighted by Gasteiger charge is -2.06. The molecule has 21 heavy (non-hydrogen) atoms. The Labute approximate surface area is 129 Å². The Hall–Kier alpha value is -1.99. The van der Waals surface area contributed by atoms with Crippen molar-refractivity contribution in [2.45, 2.75) is 19.4 Å². The van der Waals surface area contributed by atoms with Crippen molar-refractivity contribution in [2.24, 2.45) is 0 Å². The van der Waals surface area contributed by atoms with Crippen LogP contribution in [0.5, 0.6) is 0 Å². The van der Waals surface area contributed by atoms with Crippen LogP contribution < -0.4 is 5.32 Å². The van der Waals surface area contributed by atoms with E-state index in [1.807, 2.05) is 24.3 Å². The second-order valence-electron chi connectivity index (χ2n) is 4.42. The summed E-state index contributed by atoms with van der Waals surface area (Å²) in [4.78, 5) is 12.6. The molecule has 0 unspecified atom stereocenters. The predicted octanol–water partition coefficient (Wildman–Crippen LogP) is 2.09. The molecule has 3 rings (SSSR count). The van der Waals surface area contributed by atoms with Crippen LogP contribution in [0, 0.1) is 0 Å². The van der Waals surface area contributed by atoms with E-state index in [9.17, 15) is 4.79 Å². The maximum absolute atomic E-state index is 11.8. The van der Waals surface area contributed by atoms with Gasteiger partial charge in [0.05, 0.1) is 0 Å². The van der Waals surface area contributed by atoms with E-state index in [4.69, 9.17) is 11.6 Å². The molecule has 0 bridgehead atoms. The Morgan fingerprint density at radius 1 is 1.38 bits per heavy atom. The fourth-order valence-electron chi connectivity index (χ4n) is 1.85. The van der Waals surface area contributed by atoms with Gasteiger partial charge in [-0.15, -0.1) is 10.2 Å². The van der Waals surface area contributed by atoms with E-state index in [0.717, 1.165) is 15.5 Å². The molecule has 3 aromatic rings. The molecule has 6 nitrogen and oxygen atoms in total. The number of halogens is 1. The SMILES string of the molecule is O=C(CCc1nn2cnnc2s1)NCc1ccccc1Cl. The van der Waals surface area contributed by atoms with E-state index in [1.165, 1.54) is 11.3 Å². The van der Waals surface area contributed by atoms with Gasteiger partial charge in [0.25, 0.3) is 0 Å². The molecular weight excluding hydrogens is 310 g/mol. The minimum Gasteiger partial charge on any atom is -0.352 e. The number of aryl methyl sites for hydroxylation is 1. The van der Waals surface area contributed by atoms with E-state index in [-0.39, 0.29) is 5.91 Å². The molecule has 2 aromatic heterocycles. The van der Waals surface area contributed by atoms with Gasteiger partial charge in [0.15, 0.2) is 0 Å². The maximum Gasteiger partial charge on any atom is 0.234 e. The van der Waals surface area contributed by atoms with Crippen molar-refractivity contribution >= 4 is 33.8 Å². The number of hydrogen-bond donors (Lipinski definition) is 1. The van der Waals surface area contributed by atoms with Gasteiger partial charge in [-0.3, -0.25) is 4.79 Å². The lowest BCUT2D eigenvalue weighted by Crippen LogP contribution is -2.23. The Balaban J connectivity index is 1.50. The molecule has 2 heterocycles. The van der Waals surface area contributed by atoms with E-state index < -0.39 is 0 Å². The maximum atomic E-state index is 11.8. The summed E-state index contributed by atoms with van der Waals surface area (Å²) in [5.41, 5.74) is 0.909. The van der Waals surface area contributed by atoms with Crippen molar-refractivity contribution in [3.8, 4) is 0 Å². The molecular formula is C13H12ClN5OS. The van der Waals surface area contributed by atoms with Gasteiger partial charge in [-0.2, -0.15) is 9.61 Å². The van der Waals surface area contributed by atoms with Gasteiger partial charge < -0.3 is 5.32 Å². The summed E-state index contributed by atoms with van der Waals surface area (Å²) in [6.45, 7) is 0.434. The first-order valence-electron chi connectivity index (χ1n) is 6.38. The summed E-state index contributed by atoms with van der Waals surface area (Å²) >= 11 is 7.48. The molecule has 1 aromatic carbocycles. The minimum absolute atomic E-state index is 0.0270. The van der Waals surface area contributed by atoms with Crippen LogP contribution in [0.3, 0.4) is 0 Å². The van der Waals surface area contributed by atoms with Gasteiger partial charge in [0.1, 0.15) is 11.3 Å². The predicted molar refractivity (Wildman–Crippen MR) is 80.3 cm³/mol. The number of rotatable bonds is 5. The molecule has 0 aliphatic heterocycles. The van der Waals surface area contributed by atoms with Crippen LogP contribution in [0.2, 0.25) is 5.02 Å². The van der Waals surface area contributed by atoms with Crippen LogP contribution >= 0.6 is 22.9 Å². The summed E-state index contributed by atoms with van der Waals surface area (Å²) < 4.78 is 1.61. The van der Waals surface area contributed by atoms with Gasteiger partial charge in [-0.05, 0) is 11.6 Å². The Kier molecular flexibility index (Phi) is 4.12. The highest BCUT2D eigenvalue weighted by atomic mass is 35.5. The lowest BCUT2D eigenvalue weighted by atomic mass is 10.2. The third-order valence-corrected chi connectivity index (χ3v) is 4.27. The fourth-order valence-corrected chi connectivity index (χ4v) is 2.86. The number of fused-ring (bicyclic) bond motifs is 1. The highest BCUT2D eigenvalue weighted by Crippen LogP contribution is 2.15. The highest BCUT2D eigenvalue weighted by Gasteiger charge is 2.08. The molecule has 0 radical (unpaired) electrons. The molecule has 8 heteroatoms. The summed E-state index contributed by atoms with van der Waals surface area (Å²) in [5, 5.41) is 16.3. The second-order valence-corrected chi connectivity index (χ2v) is 5.87. The van der Waals surface area contributed by atoms with Crippen LogP contribution in [0.4, 0.5) is 0 Å². The number of aromatic nitrogens is 4. The van der Waals surface area contributed by atoms with Crippen LogP contribution in [0.15, 0.2) is 30.6 Å². The molecule has 0 saturated heterocycles. The van der Waals surface area contributed by atoms with Gasteiger partial charge in [0.2, 0.25) is 10.9 Å². The summed E-state index contributed by atoms with van der Waals surface area (Å²) in [6, 6.07) is 7.46. The standard InChI is InChI=1S/C13H12ClN5OS/c14-10-4-2-1-3-9(10)7-15-11(20)5-6-12-18-19-8-16-17-13(19)21-12/h1-4,8H,5-7H2,(H,15,20). The van der Waals surface area contributed by atoms with E-state index in [0.29, 0.717) is 24.4 Å². The molecule has 0 aliphatic carbocycles. The number of hydrogen-bond acceptors (Lipinski definition) is 5. The lowest BCUT2D eigenvalue weighted by molar-refractivity contribution is -0.121. The van der Waals surface area contributed by atoms with Crippen molar-refractivity contribution in [3.05, 3.63) is 46.2 Å². The van der Waals surface area contributed by atoms with Crippen LogP contribution in [-0.2, 0) is 17.8 Å². The zero-order valence-corrected chi connectivity index (χ0v) is 12.6. The average Bonchev–Trinajstić information content (AvgIpc) is 3.05. The topological polar surface area (TPSA) is 72.2 Å².